The van der Waals surface area contributed by atoms with Gasteiger partial charge in [-0.1, -0.05) is 66.7 Å². The molecular formula is C32H20N2S. The Labute approximate surface area is 205 Å². The lowest BCUT2D eigenvalue weighted by Crippen LogP contribution is -1.95. The second-order valence-corrected chi connectivity index (χ2v) is 9.96. The van der Waals surface area contributed by atoms with Crippen LogP contribution in [0.2, 0.25) is 0 Å². The van der Waals surface area contributed by atoms with Gasteiger partial charge in [0, 0.05) is 32.9 Å². The van der Waals surface area contributed by atoms with Gasteiger partial charge in [-0.3, -0.25) is 0 Å². The standard InChI is InChI=1S/C32H20N2S/c1-2-8-22(9-3-1)33-28-12-6-5-11-25(28)27-20-23(15-17-30(27)33)34-29-13-7-4-10-24(29)26-16-14-21-18-19-35-32(21)31(26)34/h1-20H. The third-order valence-corrected chi connectivity index (χ3v) is 8.12. The number of hydrogen-bond donors (Lipinski definition) is 0. The van der Waals surface area contributed by atoms with E-state index in [2.05, 4.69) is 130 Å². The van der Waals surface area contributed by atoms with Gasteiger partial charge in [0.25, 0.3) is 0 Å². The number of nitrogens with zero attached hydrogens (tertiary/aromatic N) is 2. The van der Waals surface area contributed by atoms with Gasteiger partial charge in [-0.15, -0.1) is 11.3 Å². The first-order valence-electron chi connectivity index (χ1n) is 11.9. The molecule has 0 N–H and O–H groups in total. The molecule has 8 rings (SSSR count). The van der Waals surface area contributed by atoms with Crippen LogP contribution in [0.4, 0.5) is 0 Å². The Bertz CT molecular complexity index is 2050. The van der Waals surface area contributed by atoms with Gasteiger partial charge in [-0.05, 0) is 59.3 Å². The number of fused-ring (bicyclic) bond motifs is 8. The number of rotatable bonds is 2. The summed E-state index contributed by atoms with van der Waals surface area (Å²) in [7, 11) is 0. The molecule has 0 radical (unpaired) electrons. The second kappa shape index (κ2) is 7.08. The van der Waals surface area contributed by atoms with E-state index in [1.807, 2.05) is 11.3 Å². The minimum Gasteiger partial charge on any atom is -0.309 e. The van der Waals surface area contributed by atoms with Crippen LogP contribution in [-0.4, -0.2) is 9.13 Å². The average molecular weight is 465 g/mol. The van der Waals surface area contributed by atoms with Crippen LogP contribution in [0, 0.1) is 0 Å². The fraction of sp³-hybridized carbons (Fsp3) is 0. The fourth-order valence-corrected chi connectivity index (χ4v) is 6.63. The first kappa shape index (κ1) is 19.0. The maximum atomic E-state index is 2.46. The zero-order valence-electron chi connectivity index (χ0n) is 18.8. The Kier molecular flexibility index (Phi) is 3.85. The predicted molar refractivity (Wildman–Crippen MR) is 151 cm³/mol. The van der Waals surface area contributed by atoms with Gasteiger partial charge in [0.15, 0.2) is 0 Å². The van der Waals surface area contributed by atoms with Crippen molar-refractivity contribution >= 4 is 65.0 Å². The molecule has 0 saturated carbocycles. The zero-order chi connectivity index (χ0) is 22.9. The summed E-state index contributed by atoms with van der Waals surface area (Å²) in [4.78, 5) is 0. The van der Waals surface area contributed by atoms with Gasteiger partial charge < -0.3 is 9.13 Å². The zero-order valence-corrected chi connectivity index (χ0v) is 19.7. The van der Waals surface area contributed by atoms with E-state index in [1.54, 1.807) is 0 Å². The normalized spacial score (nSPS) is 12.0. The highest BCUT2D eigenvalue weighted by Gasteiger charge is 2.17. The van der Waals surface area contributed by atoms with E-state index in [9.17, 15) is 0 Å². The van der Waals surface area contributed by atoms with E-state index in [1.165, 1.54) is 65.1 Å². The number of para-hydroxylation sites is 3. The third kappa shape index (κ3) is 2.59. The smallest absolute Gasteiger partial charge is 0.0719 e. The van der Waals surface area contributed by atoms with Gasteiger partial charge in [-0.25, -0.2) is 0 Å². The van der Waals surface area contributed by atoms with Crippen molar-refractivity contribution < 1.29 is 0 Å². The molecule has 3 heterocycles. The molecule has 5 aromatic carbocycles. The first-order valence-corrected chi connectivity index (χ1v) is 12.7. The molecular weight excluding hydrogens is 444 g/mol. The summed E-state index contributed by atoms with van der Waals surface area (Å²) in [5.41, 5.74) is 7.38. The van der Waals surface area contributed by atoms with Crippen LogP contribution < -0.4 is 0 Å². The van der Waals surface area contributed by atoms with E-state index >= 15 is 0 Å². The van der Waals surface area contributed by atoms with E-state index in [0.29, 0.717) is 0 Å². The van der Waals surface area contributed by atoms with Crippen molar-refractivity contribution in [2.24, 2.45) is 0 Å². The molecule has 3 aromatic heterocycles. The molecule has 3 heteroatoms. The molecule has 0 amide bonds. The van der Waals surface area contributed by atoms with Crippen LogP contribution >= 0.6 is 11.3 Å². The van der Waals surface area contributed by atoms with Gasteiger partial charge in [-0.2, -0.15) is 0 Å². The predicted octanol–water partition coefficient (Wildman–Crippen LogP) is 9.10. The van der Waals surface area contributed by atoms with Gasteiger partial charge >= 0.3 is 0 Å². The molecule has 0 aliphatic heterocycles. The molecule has 0 bridgehead atoms. The Morgan fingerprint density at radius 1 is 0.457 bits per heavy atom. The summed E-state index contributed by atoms with van der Waals surface area (Å²) in [6.07, 6.45) is 0. The van der Waals surface area contributed by atoms with Crippen molar-refractivity contribution in [3.05, 3.63) is 121 Å². The van der Waals surface area contributed by atoms with Crippen molar-refractivity contribution in [3.8, 4) is 11.4 Å². The van der Waals surface area contributed by atoms with Crippen LogP contribution in [0.15, 0.2) is 121 Å². The lowest BCUT2D eigenvalue weighted by atomic mass is 10.1. The topological polar surface area (TPSA) is 9.86 Å². The summed E-state index contributed by atoms with van der Waals surface area (Å²) in [5.74, 6) is 0. The molecule has 0 unspecified atom stereocenters. The molecule has 35 heavy (non-hydrogen) atoms. The summed E-state index contributed by atoms with van der Waals surface area (Å²) in [6.45, 7) is 0. The van der Waals surface area contributed by atoms with Crippen molar-refractivity contribution in [1.29, 1.82) is 0 Å². The SMILES string of the molecule is c1ccc(-n2c3ccccc3c3cc(-n4c5ccccc5c5ccc6ccsc6c54)ccc32)cc1. The summed E-state index contributed by atoms with van der Waals surface area (Å²) >= 11 is 1.82. The van der Waals surface area contributed by atoms with Crippen LogP contribution in [-0.2, 0) is 0 Å². The Hall–Kier alpha value is -4.34. The summed E-state index contributed by atoms with van der Waals surface area (Å²) in [5, 5.41) is 8.64. The fourth-order valence-electron chi connectivity index (χ4n) is 5.70. The monoisotopic (exact) mass is 464 g/mol. The molecule has 0 spiro atoms. The van der Waals surface area contributed by atoms with E-state index in [0.717, 1.165) is 0 Å². The number of benzene rings is 5. The number of aromatic nitrogens is 2. The molecule has 164 valence electrons. The van der Waals surface area contributed by atoms with Crippen molar-refractivity contribution in [1.82, 2.24) is 9.13 Å². The molecule has 0 aliphatic carbocycles. The number of hydrogen-bond acceptors (Lipinski definition) is 1. The molecule has 2 nitrogen and oxygen atoms in total. The van der Waals surface area contributed by atoms with Crippen LogP contribution in [0.3, 0.4) is 0 Å². The highest BCUT2D eigenvalue weighted by atomic mass is 32.1. The maximum Gasteiger partial charge on any atom is 0.0719 e. The highest BCUT2D eigenvalue weighted by molar-refractivity contribution is 7.18. The molecule has 0 saturated heterocycles. The molecule has 0 fully saturated rings. The minimum atomic E-state index is 1.18. The van der Waals surface area contributed by atoms with Crippen LogP contribution in [0.5, 0.6) is 0 Å². The maximum absolute atomic E-state index is 2.46. The van der Waals surface area contributed by atoms with Crippen LogP contribution in [0.1, 0.15) is 0 Å². The van der Waals surface area contributed by atoms with Crippen molar-refractivity contribution in [3.63, 3.8) is 0 Å². The highest BCUT2D eigenvalue weighted by Crippen LogP contribution is 2.40. The lowest BCUT2D eigenvalue weighted by molar-refractivity contribution is 1.17. The Morgan fingerprint density at radius 2 is 1.14 bits per heavy atom. The summed E-state index contributed by atoms with van der Waals surface area (Å²) in [6, 6.07) is 41.8. The lowest BCUT2D eigenvalue weighted by Gasteiger charge is -2.10. The van der Waals surface area contributed by atoms with E-state index in [4.69, 9.17) is 0 Å². The van der Waals surface area contributed by atoms with Gasteiger partial charge in [0.05, 0.1) is 26.8 Å². The largest absolute Gasteiger partial charge is 0.309 e. The van der Waals surface area contributed by atoms with Gasteiger partial charge in [0.1, 0.15) is 0 Å². The molecule has 0 aliphatic rings. The Balaban J connectivity index is 1.52. The van der Waals surface area contributed by atoms with Crippen LogP contribution in [0.25, 0.3) is 65.1 Å². The number of thiophene rings is 1. The average Bonchev–Trinajstić information content (AvgIpc) is 3.61. The van der Waals surface area contributed by atoms with Gasteiger partial charge in [0.2, 0.25) is 0 Å². The quantitative estimate of drug-likeness (QED) is 0.241. The van der Waals surface area contributed by atoms with E-state index < -0.39 is 0 Å². The third-order valence-electron chi connectivity index (χ3n) is 7.18. The first-order chi connectivity index (χ1) is 17.4. The molecule has 8 aromatic rings. The second-order valence-electron chi connectivity index (χ2n) is 9.04. The van der Waals surface area contributed by atoms with Crippen molar-refractivity contribution in [2.45, 2.75) is 0 Å². The molecule has 0 atom stereocenters. The minimum absolute atomic E-state index is 1.18. The van der Waals surface area contributed by atoms with E-state index in [-0.39, 0.29) is 0 Å². The summed E-state index contributed by atoms with van der Waals surface area (Å²) < 4.78 is 6.17. The Morgan fingerprint density at radius 3 is 1.97 bits per heavy atom. The van der Waals surface area contributed by atoms with Crippen molar-refractivity contribution in [2.75, 3.05) is 0 Å².